The highest BCUT2D eigenvalue weighted by atomic mass is 16.4. The van der Waals surface area contributed by atoms with E-state index in [0.29, 0.717) is 0 Å². The molecule has 0 aliphatic rings. The van der Waals surface area contributed by atoms with Gasteiger partial charge in [0.25, 0.3) is 0 Å². The fourth-order valence-electron chi connectivity index (χ4n) is 1.82. The number of carboxylic acid groups (broad SMARTS) is 1. The molecule has 1 aromatic heterocycles. The Morgan fingerprint density at radius 3 is 2.81 bits per heavy atom. The molecule has 0 radical (unpaired) electrons. The lowest BCUT2D eigenvalue weighted by Crippen LogP contribution is -2.06. The largest absolute Gasteiger partial charge is 0.481 e. The van der Waals surface area contributed by atoms with Crippen LogP contribution in [0.25, 0.3) is 21.9 Å². The summed E-state index contributed by atoms with van der Waals surface area (Å²) >= 11 is 0. The van der Waals surface area contributed by atoms with Gasteiger partial charge in [0.1, 0.15) is 11.2 Å². The highest BCUT2D eigenvalue weighted by Gasteiger charge is 2.14. The summed E-state index contributed by atoms with van der Waals surface area (Å²) in [5, 5.41) is 7.50. The summed E-state index contributed by atoms with van der Waals surface area (Å²) in [4.78, 5) is 24.9. The van der Waals surface area contributed by atoms with Crippen molar-refractivity contribution in [1.29, 1.82) is 0 Å². The molecule has 0 amide bonds. The maximum absolute atomic E-state index is 13.3. The Bertz CT molecular complexity index is 1450. The van der Waals surface area contributed by atoms with E-state index in [-0.39, 0.29) is 0 Å². The van der Waals surface area contributed by atoms with Crippen molar-refractivity contribution in [2.24, 2.45) is 0 Å². The lowest BCUT2D eigenvalue weighted by molar-refractivity contribution is -0.136. The number of para-hydroxylation sites is 1. The minimum Gasteiger partial charge on any atom is -0.481 e. The van der Waals surface area contributed by atoms with Crippen LogP contribution >= 0.6 is 0 Å². The van der Waals surface area contributed by atoms with Crippen molar-refractivity contribution in [3.05, 3.63) is 57.1 Å². The van der Waals surface area contributed by atoms with Gasteiger partial charge in [-0.1, -0.05) is 18.1 Å². The molecule has 4 nitrogen and oxygen atoms in total. The molecule has 1 N–H and O–H groups in total. The lowest BCUT2D eigenvalue weighted by Gasteiger charge is -2.08. The van der Waals surface area contributed by atoms with Gasteiger partial charge >= 0.3 is 5.97 Å². The van der Waals surface area contributed by atoms with Crippen LogP contribution < -0.4 is 5.43 Å². The molecule has 4 heteroatoms. The molecule has 21 heavy (non-hydrogen) atoms. The predicted octanol–water partition coefficient (Wildman–Crippen LogP) is 3.19. The first kappa shape index (κ1) is 4.98. The van der Waals surface area contributed by atoms with E-state index >= 15 is 0 Å². The first-order valence-corrected chi connectivity index (χ1v) is 5.54. The van der Waals surface area contributed by atoms with Crippen molar-refractivity contribution in [2.75, 3.05) is 0 Å². The second kappa shape index (κ2) is 4.74. The first-order valence-electron chi connectivity index (χ1n) is 12.0. The maximum Gasteiger partial charge on any atom is 0.307 e. The van der Waals surface area contributed by atoms with Crippen molar-refractivity contribution in [3.63, 3.8) is 0 Å². The van der Waals surface area contributed by atoms with Crippen LogP contribution in [-0.2, 0) is 11.2 Å². The molecule has 0 saturated carbocycles. The average molecular weight is 295 g/mol. The van der Waals surface area contributed by atoms with Crippen molar-refractivity contribution in [2.45, 2.75) is 20.1 Å². The third kappa shape index (κ3) is 2.09. The molecule has 2 aromatic carbocycles. The molecule has 0 bridgehead atoms. The first-order chi connectivity index (χ1) is 15.3. The summed E-state index contributed by atoms with van der Waals surface area (Å²) in [7, 11) is 0. The third-order valence-electron chi connectivity index (χ3n) is 2.74. The lowest BCUT2D eigenvalue weighted by atomic mass is 10.0. The van der Waals surface area contributed by atoms with E-state index in [1.54, 1.807) is 0 Å². The van der Waals surface area contributed by atoms with Gasteiger partial charge in [-0.05, 0) is 36.9 Å². The van der Waals surface area contributed by atoms with Gasteiger partial charge in [-0.25, -0.2) is 0 Å². The van der Waals surface area contributed by atoms with Crippen LogP contribution in [-0.4, -0.2) is 11.1 Å². The Labute approximate surface area is 138 Å². The van der Waals surface area contributed by atoms with Gasteiger partial charge in [0, 0.05) is 16.5 Å². The molecule has 0 aliphatic heterocycles. The Hall–Kier alpha value is -2.62. The SMILES string of the molecule is [2H]c1c([2H])c([2H])c2c(=O)c3c([2H])c([2H])c(C([2H])([2H])[2H])c(C([2H])([2H])[2H])c3oc2c1C([2H])([2H])C(=O)O. The molecule has 0 fully saturated rings. The van der Waals surface area contributed by atoms with Crippen LogP contribution in [0.5, 0.6) is 0 Å². The number of benzene rings is 2. The smallest absolute Gasteiger partial charge is 0.307 e. The minimum absolute atomic E-state index is 0.913. The van der Waals surface area contributed by atoms with E-state index in [2.05, 4.69) is 0 Å². The van der Waals surface area contributed by atoms with E-state index in [1.165, 1.54) is 0 Å². The van der Waals surface area contributed by atoms with Crippen LogP contribution in [0.4, 0.5) is 0 Å². The molecule has 1 heterocycles. The van der Waals surface area contributed by atoms with Gasteiger partial charge in [0.2, 0.25) is 5.43 Å². The van der Waals surface area contributed by atoms with E-state index in [0.717, 1.165) is 0 Å². The molecule has 0 unspecified atom stereocenters. The number of hydrogen-bond donors (Lipinski definition) is 1. The Kier molecular flexibility index (Phi) is 1.12. The van der Waals surface area contributed by atoms with Gasteiger partial charge < -0.3 is 9.52 Å². The monoisotopic (exact) mass is 295 g/mol. The van der Waals surface area contributed by atoms with E-state index in [1.807, 2.05) is 0 Å². The minimum atomic E-state index is -3.45. The van der Waals surface area contributed by atoms with Crippen LogP contribution in [0.3, 0.4) is 0 Å². The van der Waals surface area contributed by atoms with Crippen LogP contribution in [0.2, 0.25) is 0 Å². The van der Waals surface area contributed by atoms with Crippen LogP contribution in [0.15, 0.2) is 39.4 Å². The highest BCUT2D eigenvalue weighted by Crippen LogP contribution is 2.25. The van der Waals surface area contributed by atoms with Crippen molar-refractivity contribution in [3.8, 4) is 0 Å². The van der Waals surface area contributed by atoms with Crippen LogP contribution in [0.1, 0.15) is 34.5 Å². The van der Waals surface area contributed by atoms with E-state index < -0.39 is 100 Å². The zero-order valence-corrected chi connectivity index (χ0v) is 10.2. The van der Waals surface area contributed by atoms with Gasteiger partial charge in [-0.3, -0.25) is 9.59 Å². The summed E-state index contributed by atoms with van der Waals surface area (Å²) in [6, 6.07) is -5.30. The molecule has 0 aliphatic carbocycles. The fraction of sp³-hybridized carbons (Fsp3) is 0.176. The zero-order valence-electron chi connectivity index (χ0n) is 23.2. The van der Waals surface area contributed by atoms with Crippen molar-refractivity contribution < 1.29 is 32.1 Å². The number of carboxylic acids is 1. The summed E-state index contributed by atoms with van der Waals surface area (Å²) in [5.74, 6) is -2.15. The molecule has 0 atom stereocenters. The number of aryl methyl sites for hydroxylation is 1. The number of fused-ring (bicyclic) bond motifs is 2. The Balaban J connectivity index is 2.86. The topological polar surface area (TPSA) is 67.5 Å². The normalized spacial score (nSPS) is 22.0. The fourth-order valence-corrected chi connectivity index (χ4v) is 1.82. The summed E-state index contributed by atoms with van der Waals surface area (Å²) in [6.45, 7) is -6.59. The number of aliphatic carboxylic acids is 1. The number of rotatable bonds is 2. The Morgan fingerprint density at radius 1 is 1.29 bits per heavy atom. The molecule has 3 rings (SSSR count). The van der Waals surface area contributed by atoms with Gasteiger partial charge in [0.05, 0.1) is 24.0 Å². The van der Waals surface area contributed by atoms with Crippen LogP contribution in [0, 0.1) is 13.7 Å². The third-order valence-corrected chi connectivity index (χ3v) is 2.74. The van der Waals surface area contributed by atoms with Gasteiger partial charge in [-0.15, -0.1) is 0 Å². The standard InChI is InChI=1S/C17H14O4/c1-9-6-7-13-15(20)12-5-3-4-11(8-14(18)19)17(12)21-16(13)10(9)2/h3-7H,8H2,1-2H3,(H,18,19)/i1D3,2D3,3D,4D,5D,6D,7D,8D2. The molecule has 0 spiro atoms. The Morgan fingerprint density at radius 2 is 2.10 bits per heavy atom. The zero-order chi connectivity index (χ0) is 26.3. The average Bonchev–Trinajstić information content (AvgIpc) is 2.66. The quantitative estimate of drug-likeness (QED) is 0.737. The summed E-state index contributed by atoms with van der Waals surface area (Å²) in [6.07, 6.45) is -3.45. The van der Waals surface area contributed by atoms with Crippen molar-refractivity contribution in [1.82, 2.24) is 0 Å². The number of hydrogen-bond acceptors (Lipinski definition) is 3. The van der Waals surface area contributed by atoms with Crippen molar-refractivity contribution >= 4 is 27.9 Å². The predicted molar refractivity (Wildman–Crippen MR) is 80.8 cm³/mol. The molecular formula is C17H14O4. The molecule has 3 aromatic rings. The van der Waals surface area contributed by atoms with Gasteiger partial charge in [0.15, 0.2) is 0 Å². The highest BCUT2D eigenvalue weighted by molar-refractivity contribution is 5.93. The van der Waals surface area contributed by atoms with Gasteiger partial charge in [-0.2, -0.15) is 0 Å². The molecular weight excluding hydrogens is 268 g/mol. The second-order valence-corrected chi connectivity index (χ2v) is 4.02. The molecule has 0 saturated heterocycles. The maximum atomic E-state index is 13.3. The summed E-state index contributed by atoms with van der Waals surface area (Å²) in [5.41, 5.74) is -6.89. The van der Waals surface area contributed by atoms with E-state index in [4.69, 9.17) is 22.2 Å². The number of carbonyl (C=O) groups is 1. The van der Waals surface area contributed by atoms with E-state index in [9.17, 15) is 14.7 Å². The molecule has 106 valence electrons. The second-order valence-electron chi connectivity index (χ2n) is 4.02. The summed E-state index contributed by atoms with van der Waals surface area (Å²) < 4.78 is 108.